The van der Waals surface area contributed by atoms with Crippen LogP contribution in [0.15, 0.2) is 121 Å². The van der Waals surface area contributed by atoms with Crippen molar-refractivity contribution in [1.82, 2.24) is 29.5 Å². The van der Waals surface area contributed by atoms with Crippen LogP contribution in [-0.4, -0.2) is 145 Å². The van der Waals surface area contributed by atoms with Gasteiger partial charge in [0.2, 0.25) is 0 Å². The Kier molecular flexibility index (Phi) is 20.7. The summed E-state index contributed by atoms with van der Waals surface area (Å²) < 4.78 is 64.1. The summed E-state index contributed by atoms with van der Waals surface area (Å²) in [6.45, 7) is 33.4. The predicted octanol–water partition coefficient (Wildman–Crippen LogP) is 14.8. The van der Waals surface area contributed by atoms with Crippen LogP contribution < -0.4 is 20.6 Å². The summed E-state index contributed by atoms with van der Waals surface area (Å²) in [5.74, 6) is -0.332. The van der Waals surface area contributed by atoms with E-state index in [1.165, 1.54) is 21.7 Å². The van der Waals surface area contributed by atoms with Crippen LogP contribution in [0.3, 0.4) is 0 Å². The number of pyridine rings is 1. The first-order valence-electron chi connectivity index (χ1n) is 36.3. The van der Waals surface area contributed by atoms with Gasteiger partial charge < -0.3 is 28.4 Å². The van der Waals surface area contributed by atoms with Gasteiger partial charge in [-0.2, -0.15) is 13.5 Å². The largest absolute Gasteiger partial charge is 0.455 e. The number of ether oxygens (including phenoxy) is 3. The summed E-state index contributed by atoms with van der Waals surface area (Å²) in [6, 6.07) is 38.8. The highest BCUT2D eigenvalue weighted by atomic mass is 32.2. The van der Waals surface area contributed by atoms with E-state index in [-0.39, 0.29) is 63.9 Å². The van der Waals surface area contributed by atoms with Crippen LogP contribution >= 0.6 is 11.3 Å². The van der Waals surface area contributed by atoms with E-state index in [1.54, 1.807) is 4.90 Å². The molecule has 7 aromatic rings. The molecule has 542 valence electrons. The molecular weight excluding hydrogens is 1330 g/mol. The fourth-order valence-corrected chi connectivity index (χ4v) is 24.7. The van der Waals surface area contributed by atoms with Gasteiger partial charge in [0.05, 0.1) is 41.0 Å². The van der Waals surface area contributed by atoms with Gasteiger partial charge in [-0.1, -0.05) is 145 Å². The number of nitrogens with zero attached hydrogens (tertiary/aromatic N) is 7. The zero-order valence-corrected chi connectivity index (χ0v) is 64.6. The molecule has 1 saturated heterocycles. The summed E-state index contributed by atoms with van der Waals surface area (Å²) in [6.07, 6.45) is 10.1. The van der Waals surface area contributed by atoms with Crippen molar-refractivity contribution in [3.05, 3.63) is 150 Å². The number of anilines is 2. The highest BCUT2D eigenvalue weighted by Gasteiger charge is 2.66. The van der Waals surface area contributed by atoms with E-state index in [9.17, 15) is 22.8 Å². The zero-order chi connectivity index (χ0) is 72.2. The number of aromatic nitrogens is 4. The number of thiazole rings is 1. The van der Waals surface area contributed by atoms with Gasteiger partial charge in [-0.25, -0.2) is 19.6 Å². The molecule has 0 spiro atoms. The molecule has 13 rings (SSSR count). The number of piperidine rings is 1. The molecular formula is C80H106N8O10S2Si. The number of carbonyl (C=O) groups is 3. The van der Waals surface area contributed by atoms with Crippen molar-refractivity contribution in [2.75, 3.05) is 68.5 Å². The minimum atomic E-state index is -3.98. The first-order valence-corrected chi connectivity index (χ1v) is 40.6. The van der Waals surface area contributed by atoms with E-state index in [2.05, 4.69) is 121 Å². The maximum absolute atomic E-state index is 14.5. The number of benzene rings is 4. The van der Waals surface area contributed by atoms with Crippen molar-refractivity contribution in [1.29, 1.82) is 0 Å². The van der Waals surface area contributed by atoms with Crippen LogP contribution in [-0.2, 0) is 52.4 Å². The first kappa shape index (κ1) is 73.9. The van der Waals surface area contributed by atoms with E-state index in [1.807, 2.05) is 122 Å². The van der Waals surface area contributed by atoms with Crippen molar-refractivity contribution in [3.63, 3.8) is 0 Å². The molecule has 4 bridgehead atoms. The van der Waals surface area contributed by atoms with Crippen LogP contribution in [0.4, 0.5) is 15.7 Å². The van der Waals surface area contributed by atoms with Crippen LogP contribution in [0.25, 0.3) is 21.3 Å². The smallest absolute Gasteiger partial charge is 0.410 e. The van der Waals surface area contributed by atoms with Gasteiger partial charge in [0.1, 0.15) is 17.0 Å². The number of amides is 2. The lowest BCUT2D eigenvalue weighted by molar-refractivity contribution is -0.249. The molecule has 21 heteroatoms. The minimum Gasteiger partial charge on any atom is -0.455 e. The molecule has 4 aromatic carbocycles. The lowest BCUT2D eigenvalue weighted by Crippen LogP contribution is -2.66. The number of hydrogen-bond donors (Lipinski definition) is 1. The third-order valence-corrected chi connectivity index (χ3v) is 28.7. The molecule has 4 saturated carbocycles. The molecule has 6 aliphatic rings. The molecule has 2 aliphatic heterocycles. The quantitative estimate of drug-likeness (QED) is 0.0340. The van der Waals surface area contributed by atoms with E-state index < -0.39 is 46.6 Å². The van der Waals surface area contributed by atoms with E-state index >= 15 is 0 Å². The lowest BCUT2D eigenvalue weighted by Gasteiger charge is -2.69. The maximum Gasteiger partial charge on any atom is 0.410 e. The second-order valence-electron chi connectivity index (χ2n) is 34.3. The number of hydrogen-bond acceptors (Lipinski definition) is 16. The summed E-state index contributed by atoms with van der Waals surface area (Å²) >= 11 is 1.44. The van der Waals surface area contributed by atoms with Crippen molar-refractivity contribution >= 4 is 79.3 Å². The average Bonchev–Trinajstić information content (AvgIpc) is 0.727. The first-order chi connectivity index (χ1) is 47.5. The third-order valence-electron chi connectivity index (χ3n) is 21.6. The number of nitrogens with one attached hydrogen (secondary N) is 1. The molecule has 2 atom stereocenters. The van der Waals surface area contributed by atoms with Crippen molar-refractivity contribution in [3.8, 4) is 11.1 Å². The normalized spacial score (nSPS) is 22.0. The Morgan fingerprint density at radius 2 is 1.37 bits per heavy atom. The molecule has 4 aliphatic carbocycles. The predicted molar refractivity (Wildman–Crippen MR) is 403 cm³/mol. The molecule has 3 aromatic heterocycles. The van der Waals surface area contributed by atoms with E-state index in [0.29, 0.717) is 100 Å². The highest BCUT2D eigenvalue weighted by molar-refractivity contribution is 7.86. The Labute approximate surface area is 603 Å². The summed E-state index contributed by atoms with van der Waals surface area (Å²) in [4.78, 5) is 57.8. The molecule has 0 radical (unpaired) electrons. The molecule has 2 unspecified atom stereocenters. The fourth-order valence-electron chi connectivity index (χ4n) is 18.2. The molecule has 5 heterocycles. The molecule has 2 amide bonds. The molecule has 5 fully saturated rings. The Balaban J connectivity index is 0.734. The third kappa shape index (κ3) is 16.7. The van der Waals surface area contributed by atoms with Crippen LogP contribution in [0.5, 0.6) is 0 Å². The topological polar surface area (TPSA) is 197 Å². The molecule has 18 nitrogen and oxygen atoms in total. The van der Waals surface area contributed by atoms with Gasteiger partial charge in [0, 0.05) is 80.8 Å². The van der Waals surface area contributed by atoms with Gasteiger partial charge in [0.25, 0.3) is 24.3 Å². The lowest BCUT2D eigenvalue weighted by atomic mass is 9.39. The standard InChI is InChI=1S/C80H106N8O10S2Si/c1-56-63(61-32-33-67(83-68(61)70(90)97-73(2,3)4)87-38-34-57-24-23-29-62(64(57)47-87)69(89)84-71-82-65-30-21-22-31-66(65)99-71)46-81-88(56)54-79-49-77(13)48-78(14,50-79)52-80(51-77,53-79)94-44-41-85(58-35-39-86(40-36-58)72(91)98-74(5,6)7)42-45-100(92,93)95-55-76(11,12)37-43-96-101(75(8,9)10,59-25-17-15-18-26-59)60-27-19-16-20-28-60/h15-33,46,58H,34-45,47-55H2,1-14H3,(H,82,84,89). The maximum atomic E-state index is 14.5. The number of para-hydroxylation sites is 1. The summed E-state index contributed by atoms with van der Waals surface area (Å²) in [5, 5.41) is 10.9. The zero-order valence-electron chi connectivity index (χ0n) is 62.0. The second kappa shape index (κ2) is 28.3. The number of rotatable bonds is 24. The van der Waals surface area contributed by atoms with Gasteiger partial charge in [0.15, 0.2) is 10.8 Å². The Morgan fingerprint density at radius 3 is 2.01 bits per heavy atom. The number of likely N-dealkylation sites (tertiary alicyclic amines) is 1. The minimum absolute atomic E-state index is 0.00613. The highest BCUT2D eigenvalue weighted by Crippen LogP contribution is 2.72. The average molecular weight is 1430 g/mol. The summed E-state index contributed by atoms with van der Waals surface area (Å²) in [7, 11) is -6.79. The number of esters is 1. The number of carbonyl (C=O) groups excluding carboxylic acids is 3. The van der Waals surface area contributed by atoms with Gasteiger partial charge in [-0.05, 0) is 191 Å². The second-order valence-corrected chi connectivity index (χ2v) is 41.4. The van der Waals surface area contributed by atoms with Crippen molar-refractivity contribution in [2.45, 2.75) is 202 Å². The van der Waals surface area contributed by atoms with Gasteiger partial charge in [-0.3, -0.25) is 23.9 Å². The fraction of sp³-hybridized carbons (Fsp3) is 0.550. The van der Waals surface area contributed by atoms with Crippen LogP contribution in [0.2, 0.25) is 5.04 Å². The van der Waals surface area contributed by atoms with Crippen LogP contribution in [0, 0.1) is 28.6 Å². The van der Waals surface area contributed by atoms with E-state index in [0.717, 1.165) is 71.1 Å². The Hall–Kier alpha value is -6.85. The van der Waals surface area contributed by atoms with Crippen molar-refractivity contribution < 1.29 is 45.6 Å². The Bertz CT molecular complexity index is 4170. The monoisotopic (exact) mass is 1430 g/mol. The van der Waals surface area contributed by atoms with Gasteiger partial charge in [-0.15, -0.1) is 0 Å². The van der Waals surface area contributed by atoms with Crippen molar-refractivity contribution in [2.24, 2.45) is 21.7 Å². The van der Waals surface area contributed by atoms with Crippen LogP contribution in [0.1, 0.15) is 185 Å². The molecule has 101 heavy (non-hydrogen) atoms. The SMILES string of the molecule is Cc1c(-c2ccc(N3CCc4cccc(C(=O)Nc5nc6ccccc6s5)c4C3)nc2C(=O)OC(C)(C)C)cnn1CC12CC3(C)CC(C)(C1)CC(OCCN(CCS(=O)(=O)OCC(C)(C)CCO[Si](c1ccccc1)(c1ccccc1)C(C)(C)C)C1CCN(C(=O)OC(C)(C)C)CC1)(C3)C2. The molecule has 1 N–H and O–H groups in total. The number of fused-ring (bicyclic) bond motifs is 2. The van der Waals surface area contributed by atoms with E-state index in [4.69, 9.17) is 32.9 Å². The Morgan fingerprint density at radius 1 is 0.713 bits per heavy atom. The van der Waals surface area contributed by atoms with Gasteiger partial charge >= 0.3 is 12.1 Å². The summed E-state index contributed by atoms with van der Waals surface area (Å²) in [5.41, 5.74) is 3.55.